The molecular formula is C20H20N4O4S. The molecular weight excluding hydrogens is 392 g/mol. The standard InChI is InChI=1S/C20H20N4O4S/c25-18(21-11-15-6-7-16-17(10-15)28-13-27-16)12-29-20-23-22-19(26)24(20)9-8-14-4-2-1-3-5-14/h1-7,10H,8-9,11-13H2,(H,21,25)(H,22,26). The molecule has 1 aliphatic rings. The van der Waals surface area contributed by atoms with Gasteiger partial charge in [0.2, 0.25) is 12.7 Å². The van der Waals surface area contributed by atoms with Crippen LogP contribution in [0.2, 0.25) is 0 Å². The molecule has 0 fully saturated rings. The summed E-state index contributed by atoms with van der Waals surface area (Å²) < 4.78 is 12.2. The van der Waals surface area contributed by atoms with Crippen LogP contribution in [0.25, 0.3) is 0 Å². The Bertz CT molecular complexity index is 1050. The van der Waals surface area contributed by atoms with Crippen molar-refractivity contribution in [1.82, 2.24) is 20.1 Å². The summed E-state index contributed by atoms with van der Waals surface area (Å²) in [5, 5.41) is 9.86. The van der Waals surface area contributed by atoms with E-state index in [1.54, 1.807) is 4.57 Å². The summed E-state index contributed by atoms with van der Waals surface area (Å²) in [7, 11) is 0. The molecule has 2 N–H and O–H groups in total. The first-order valence-electron chi connectivity index (χ1n) is 9.16. The normalized spacial score (nSPS) is 12.1. The predicted molar refractivity (Wildman–Crippen MR) is 108 cm³/mol. The van der Waals surface area contributed by atoms with Crippen LogP contribution in [0.15, 0.2) is 58.5 Å². The van der Waals surface area contributed by atoms with Gasteiger partial charge in [-0.3, -0.25) is 9.36 Å². The number of hydrogen-bond acceptors (Lipinski definition) is 6. The van der Waals surface area contributed by atoms with Crippen molar-refractivity contribution >= 4 is 17.7 Å². The zero-order chi connectivity index (χ0) is 20.1. The largest absolute Gasteiger partial charge is 0.454 e. The summed E-state index contributed by atoms with van der Waals surface area (Å²) in [6, 6.07) is 15.5. The van der Waals surface area contributed by atoms with E-state index < -0.39 is 0 Å². The lowest BCUT2D eigenvalue weighted by Gasteiger charge is -2.07. The molecule has 2 heterocycles. The summed E-state index contributed by atoms with van der Waals surface area (Å²) in [6.45, 7) is 1.11. The fourth-order valence-corrected chi connectivity index (χ4v) is 3.73. The van der Waals surface area contributed by atoms with E-state index in [-0.39, 0.29) is 24.1 Å². The minimum absolute atomic E-state index is 0.141. The Morgan fingerprint density at radius 3 is 2.83 bits per heavy atom. The molecule has 29 heavy (non-hydrogen) atoms. The van der Waals surface area contributed by atoms with E-state index in [0.29, 0.717) is 36.2 Å². The lowest BCUT2D eigenvalue weighted by molar-refractivity contribution is -0.118. The molecule has 2 aromatic carbocycles. The van der Waals surface area contributed by atoms with Crippen LogP contribution >= 0.6 is 11.8 Å². The van der Waals surface area contributed by atoms with Crippen molar-refractivity contribution in [2.75, 3.05) is 12.5 Å². The number of H-pyrrole nitrogens is 1. The summed E-state index contributed by atoms with van der Waals surface area (Å²) in [6.07, 6.45) is 0.712. The Morgan fingerprint density at radius 1 is 1.14 bits per heavy atom. The first-order chi connectivity index (χ1) is 14.2. The molecule has 9 heteroatoms. The minimum atomic E-state index is -0.274. The quantitative estimate of drug-likeness (QED) is 0.549. The average Bonchev–Trinajstić information content (AvgIpc) is 3.35. The summed E-state index contributed by atoms with van der Waals surface area (Å²) >= 11 is 1.23. The Morgan fingerprint density at radius 2 is 1.97 bits per heavy atom. The van der Waals surface area contributed by atoms with Gasteiger partial charge < -0.3 is 14.8 Å². The van der Waals surface area contributed by atoms with E-state index >= 15 is 0 Å². The number of nitrogens with zero attached hydrogens (tertiary/aromatic N) is 2. The number of thioether (sulfide) groups is 1. The number of aryl methyl sites for hydroxylation is 1. The molecule has 4 rings (SSSR count). The van der Waals surface area contributed by atoms with Gasteiger partial charge in [0.15, 0.2) is 16.7 Å². The number of nitrogens with one attached hydrogen (secondary N) is 2. The van der Waals surface area contributed by atoms with Gasteiger partial charge in [0.05, 0.1) is 5.75 Å². The van der Waals surface area contributed by atoms with Crippen molar-refractivity contribution in [3.05, 3.63) is 70.1 Å². The fourth-order valence-electron chi connectivity index (χ4n) is 2.93. The smallest absolute Gasteiger partial charge is 0.343 e. The number of carbonyl (C=O) groups is 1. The average molecular weight is 412 g/mol. The molecule has 0 atom stereocenters. The van der Waals surface area contributed by atoms with Gasteiger partial charge in [-0.1, -0.05) is 48.2 Å². The fraction of sp³-hybridized carbons (Fsp3) is 0.250. The minimum Gasteiger partial charge on any atom is -0.454 e. The van der Waals surface area contributed by atoms with Crippen LogP contribution in [-0.2, 0) is 24.3 Å². The highest BCUT2D eigenvalue weighted by molar-refractivity contribution is 7.99. The van der Waals surface area contributed by atoms with Crippen LogP contribution < -0.4 is 20.5 Å². The van der Waals surface area contributed by atoms with Crippen LogP contribution in [-0.4, -0.2) is 33.2 Å². The summed E-state index contributed by atoms with van der Waals surface area (Å²) in [5.74, 6) is 1.42. The van der Waals surface area contributed by atoms with Crippen LogP contribution in [0.4, 0.5) is 0 Å². The number of fused-ring (bicyclic) bond motifs is 1. The number of aromatic amines is 1. The molecule has 1 aliphatic heterocycles. The number of amides is 1. The van der Waals surface area contributed by atoms with Crippen LogP contribution in [0, 0.1) is 0 Å². The Balaban J connectivity index is 1.28. The zero-order valence-corrected chi connectivity index (χ0v) is 16.4. The van der Waals surface area contributed by atoms with Crippen molar-refractivity contribution in [3.8, 4) is 11.5 Å². The van der Waals surface area contributed by atoms with Crippen LogP contribution in [0.1, 0.15) is 11.1 Å². The van der Waals surface area contributed by atoms with Gasteiger partial charge in [0, 0.05) is 13.1 Å². The zero-order valence-electron chi connectivity index (χ0n) is 15.6. The third-order valence-corrected chi connectivity index (χ3v) is 5.43. The van der Waals surface area contributed by atoms with Crippen LogP contribution in [0.3, 0.4) is 0 Å². The maximum absolute atomic E-state index is 12.2. The molecule has 1 aromatic heterocycles. The maximum Gasteiger partial charge on any atom is 0.343 e. The molecule has 0 radical (unpaired) electrons. The van der Waals surface area contributed by atoms with Gasteiger partial charge in [-0.25, -0.2) is 9.89 Å². The molecule has 3 aromatic rings. The Kier molecular flexibility index (Phi) is 5.85. The maximum atomic E-state index is 12.2. The predicted octanol–water partition coefficient (Wildman–Crippen LogP) is 1.95. The third kappa shape index (κ3) is 4.80. The third-order valence-electron chi connectivity index (χ3n) is 4.45. The second kappa shape index (κ2) is 8.87. The molecule has 8 nitrogen and oxygen atoms in total. The lowest BCUT2D eigenvalue weighted by Crippen LogP contribution is -2.25. The first-order valence-corrected chi connectivity index (χ1v) is 10.1. The van der Waals surface area contributed by atoms with E-state index in [1.165, 1.54) is 11.8 Å². The van der Waals surface area contributed by atoms with Crippen LogP contribution in [0.5, 0.6) is 11.5 Å². The van der Waals surface area contributed by atoms with Crippen molar-refractivity contribution in [3.63, 3.8) is 0 Å². The molecule has 1 amide bonds. The molecule has 0 unspecified atom stereocenters. The number of benzene rings is 2. The molecule has 0 saturated heterocycles. The van der Waals surface area contributed by atoms with Gasteiger partial charge in [-0.15, -0.1) is 5.10 Å². The van der Waals surface area contributed by atoms with Gasteiger partial charge in [0.1, 0.15) is 0 Å². The molecule has 0 aliphatic carbocycles. The van der Waals surface area contributed by atoms with Crippen molar-refractivity contribution in [1.29, 1.82) is 0 Å². The van der Waals surface area contributed by atoms with Gasteiger partial charge in [-0.2, -0.15) is 0 Å². The molecule has 0 bridgehead atoms. The van der Waals surface area contributed by atoms with Crippen molar-refractivity contribution in [2.24, 2.45) is 0 Å². The summed E-state index contributed by atoms with van der Waals surface area (Å²) in [4.78, 5) is 24.2. The van der Waals surface area contributed by atoms with Crippen molar-refractivity contribution in [2.45, 2.75) is 24.7 Å². The highest BCUT2D eigenvalue weighted by Crippen LogP contribution is 2.32. The highest BCUT2D eigenvalue weighted by atomic mass is 32.2. The number of hydrogen-bond donors (Lipinski definition) is 2. The van der Waals surface area contributed by atoms with Gasteiger partial charge >= 0.3 is 5.69 Å². The van der Waals surface area contributed by atoms with E-state index in [4.69, 9.17) is 9.47 Å². The molecule has 0 spiro atoms. The number of carbonyl (C=O) groups excluding carboxylic acids is 1. The first kappa shape index (κ1) is 19.1. The van der Waals surface area contributed by atoms with E-state index in [2.05, 4.69) is 15.5 Å². The molecule has 150 valence electrons. The van der Waals surface area contributed by atoms with E-state index in [1.807, 2.05) is 48.5 Å². The Hall–Kier alpha value is -3.20. The Labute approximate surface area is 171 Å². The second-order valence-electron chi connectivity index (χ2n) is 6.45. The van der Waals surface area contributed by atoms with Gasteiger partial charge in [-0.05, 0) is 29.7 Å². The van der Waals surface area contributed by atoms with E-state index in [0.717, 1.165) is 11.1 Å². The topological polar surface area (TPSA) is 98.2 Å². The van der Waals surface area contributed by atoms with Crippen molar-refractivity contribution < 1.29 is 14.3 Å². The van der Waals surface area contributed by atoms with Gasteiger partial charge in [0.25, 0.3) is 0 Å². The summed E-state index contributed by atoms with van der Waals surface area (Å²) in [5.41, 5.74) is 1.79. The number of ether oxygens (including phenoxy) is 2. The van der Waals surface area contributed by atoms with E-state index in [9.17, 15) is 9.59 Å². The monoisotopic (exact) mass is 412 g/mol. The molecule has 0 saturated carbocycles. The lowest BCUT2D eigenvalue weighted by atomic mass is 10.1. The second-order valence-corrected chi connectivity index (χ2v) is 7.39. The highest BCUT2D eigenvalue weighted by Gasteiger charge is 2.14. The SMILES string of the molecule is O=C(CSc1n[nH]c(=O)n1CCc1ccccc1)NCc1ccc2c(c1)OCO2. The number of aromatic nitrogens is 3. The number of rotatable bonds is 8.